The lowest BCUT2D eigenvalue weighted by Crippen LogP contribution is -2.46. The fraction of sp³-hybridized carbons (Fsp3) is 0.417. The number of ether oxygens (including phenoxy) is 3. The molecule has 5 nitrogen and oxygen atoms in total. The van der Waals surface area contributed by atoms with Gasteiger partial charge in [0.2, 0.25) is 5.88 Å². The lowest BCUT2D eigenvalue weighted by atomic mass is 10.0. The lowest BCUT2D eigenvalue weighted by molar-refractivity contribution is 0.0805. The minimum absolute atomic E-state index is 0.0567. The number of rotatable bonds is 8. The lowest BCUT2D eigenvalue weighted by Gasteiger charge is -2.36. The van der Waals surface area contributed by atoms with E-state index in [0.717, 1.165) is 76.1 Å². The third kappa shape index (κ3) is 6.13. The molecule has 172 valence electrons. The smallest absolute Gasteiger partial charge is 0.231 e. The van der Waals surface area contributed by atoms with Crippen molar-refractivity contribution >= 4 is 15.9 Å². The number of halogens is 3. The van der Waals surface area contributed by atoms with Gasteiger partial charge in [-0.15, -0.1) is 0 Å². The van der Waals surface area contributed by atoms with E-state index in [0.29, 0.717) is 6.61 Å². The molecule has 0 spiro atoms. The van der Waals surface area contributed by atoms with E-state index < -0.39 is 11.6 Å². The Kier molecular flexibility index (Phi) is 7.86. The second-order valence-electron chi connectivity index (χ2n) is 7.97. The molecule has 1 saturated heterocycles. The molecule has 1 aromatic carbocycles. The molecule has 0 atom stereocenters. The number of allylic oxidation sites excluding steroid dienone is 4. The molecule has 2 aliphatic heterocycles. The van der Waals surface area contributed by atoms with Crippen molar-refractivity contribution in [3.05, 3.63) is 76.2 Å². The molecule has 0 aromatic heterocycles. The van der Waals surface area contributed by atoms with Crippen LogP contribution in [0.1, 0.15) is 25.7 Å². The molecule has 4 rings (SSSR count). The van der Waals surface area contributed by atoms with Crippen LogP contribution in [0.2, 0.25) is 0 Å². The average Bonchev–Trinajstić information content (AvgIpc) is 2.80. The van der Waals surface area contributed by atoms with Crippen LogP contribution in [0, 0.1) is 11.6 Å². The van der Waals surface area contributed by atoms with E-state index >= 15 is 0 Å². The van der Waals surface area contributed by atoms with Crippen molar-refractivity contribution < 1.29 is 23.0 Å². The number of hydrogen-bond donors (Lipinski definition) is 0. The standard InChI is InChI=1S/C24H27BrF2N2O3/c25-21-14-19(26)15-22(27)24(21)30-12-4-7-28-8-10-29(11-9-28)23-17-31-20(16-32-23)13-18-5-2-1-3-6-18/h1-2,5,14-17H,3-4,6-13H2. The summed E-state index contributed by atoms with van der Waals surface area (Å²) in [5, 5.41) is 0. The van der Waals surface area contributed by atoms with Gasteiger partial charge in [-0.1, -0.05) is 23.8 Å². The number of nitrogens with zero attached hydrogens (tertiary/aromatic N) is 2. The first-order valence-corrected chi connectivity index (χ1v) is 11.7. The predicted molar refractivity (Wildman–Crippen MR) is 122 cm³/mol. The quantitative estimate of drug-likeness (QED) is 0.435. The molecule has 0 amide bonds. The van der Waals surface area contributed by atoms with Gasteiger partial charge in [-0.05, 0) is 41.3 Å². The highest BCUT2D eigenvalue weighted by molar-refractivity contribution is 9.10. The molecular weight excluding hydrogens is 482 g/mol. The molecule has 0 N–H and O–H groups in total. The fourth-order valence-corrected chi connectivity index (χ4v) is 4.41. The van der Waals surface area contributed by atoms with Gasteiger partial charge in [0.15, 0.2) is 17.8 Å². The van der Waals surface area contributed by atoms with Crippen LogP contribution in [0.3, 0.4) is 0 Å². The zero-order valence-electron chi connectivity index (χ0n) is 17.9. The summed E-state index contributed by atoms with van der Waals surface area (Å²) in [7, 11) is 0. The van der Waals surface area contributed by atoms with Crippen molar-refractivity contribution in [2.75, 3.05) is 39.3 Å². The van der Waals surface area contributed by atoms with Crippen LogP contribution in [0.15, 0.2) is 64.6 Å². The van der Waals surface area contributed by atoms with Gasteiger partial charge in [0, 0.05) is 45.2 Å². The molecule has 0 radical (unpaired) electrons. The summed E-state index contributed by atoms with van der Waals surface area (Å²) in [5.41, 5.74) is 1.35. The van der Waals surface area contributed by atoms with E-state index in [9.17, 15) is 8.78 Å². The summed E-state index contributed by atoms with van der Waals surface area (Å²) in [4.78, 5) is 4.51. The Morgan fingerprint density at radius 1 is 1.06 bits per heavy atom. The summed E-state index contributed by atoms with van der Waals surface area (Å²) >= 11 is 3.14. The van der Waals surface area contributed by atoms with Crippen LogP contribution < -0.4 is 4.74 Å². The van der Waals surface area contributed by atoms with E-state index in [1.165, 1.54) is 11.6 Å². The van der Waals surface area contributed by atoms with Crippen LogP contribution in [0.25, 0.3) is 0 Å². The Morgan fingerprint density at radius 2 is 1.91 bits per heavy atom. The van der Waals surface area contributed by atoms with Crippen molar-refractivity contribution in [2.45, 2.75) is 25.7 Å². The van der Waals surface area contributed by atoms with Crippen LogP contribution in [-0.2, 0) is 9.47 Å². The Labute approximate surface area is 195 Å². The zero-order chi connectivity index (χ0) is 22.3. The highest BCUT2D eigenvalue weighted by Gasteiger charge is 2.22. The van der Waals surface area contributed by atoms with Gasteiger partial charge in [0.05, 0.1) is 11.1 Å². The van der Waals surface area contributed by atoms with Gasteiger partial charge in [0.1, 0.15) is 17.8 Å². The van der Waals surface area contributed by atoms with Crippen LogP contribution >= 0.6 is 15.9 Å². The summed E-state index contributed by atoms with van der Waals surface area (Å²) in [6.45, 7) is 4.68. The summed E-state index contributed by atoms with van der Waals surface area (Å²) in [6, 6.07) is 2.03. The third-order valence-electron chi connectivity index (χ3n) is 5.64. The molecule has 1 aromatic rings. The first kappa shape index (κ1) is 22.9. The zero-order valence-corrected chi connectivity index (χ0v) is 19.5. The maximum atomic E-state index is 13.8. The summed E-state index contributed by atoms with van der Waals surface area (Å²) < 4.78 is 44.4. The van der Waals surface area contributed by atoms with E-state index in [1.807, 2.05) is 0 Å². The van der Waals surface area contributed by atoms with Gasteiger partial charge in [-0.2, -0.15) is 0 Å². The highest BCUT2D eigenvalue weighted by atomic mass is 79.9. The first-order valence-electron chi connectivity index (χ1n) is 10.9. The summed E-state index contributed by atoms with van der Waals surface area (Å²) in [6.07, 6.45) is 13.5. The van der Waals surface area contributed by atoms with Gasteiger partial charge in [-0.25, -0.2) is 8.78 Å². The Hall–Kier alpha value is -2.32. The first-order chi connectivity index (χ1) is 15.6. The van der Waals surface area contributed by atoms with Crippen LogP contribution in [-0.4, -0.2) is 49.1 Å². The maximum Gasteiger partial charge on any atom is 0.231 e. The van der Waals surface area contributed by atoms with E-state index in [1.54, 1.807) is 12.5 Å². The predicted octanol–water partition coefficient (Wildman–Crippen LogP) is 5.47. The fourth-order valence-electron chi connectivity index (χ4n) is 3.88. The van der Waals surface area contributed by atoms with E-state index in [4.69, 9.17) is 14.2 Å². The second kappa shape index (κ2) is 11.0. The Bertz CT molecular complexity index is 914. The van der Waals surface area contributed by atoms with E-state index in [-0.39, 0.29) is 10.2 Å². The average molecular weight is 509 g/mol. The molecule has 0 bridgehead atoms. The van der Waals surface area contributed by atoms with Crippen LogP contribution in [0.4, 0.5) is 8.78 Å². The van der Waals surface area contributed by atoms with Crippen molar-refractivity contribution in [2.24, 2.45) is 0 Å². The highest BCUT2D eigenvalue weighted by Crippen LogP contribution is 2.29. The number of hydrogen-bond acceptors (Lipinski definition) is 5. The SMILES string of the molecule is Fc1cc(F)c(OCCCN2CCN(C3=COC(CC4=CC=CCC4)=CO3)CC2)c(Br)c1. The monoisotopic (exact) mass is 508 g/mol. The second-order valence-corrected chi connectivity index (χ2v) is 8.83. The largest absolute Gasteiger partial charge is 0.489 e. The van der Waals surface area contributed by atoms with Crippen molar-refractivity contribution in [3.63, 3.8) is 0 Å². The number of piperazine rings is 1. The molecule has 2 heterocycles. The Balaban J connectivity index is 1.14. The number of benzene rings is 1. The minimum Gasteiger partial charge on any atom is -0.489 e. The molecule has 32 heavy (non-hydrogen) atoms. The van der Waals surface area contributed by atoms with Gasteiger partial charge < -0.3 is 19.1 Å². The molecule has 0 saturated carbocycles. The molecular formula is C24H27BrF2N2O3. The van der Waals surface area contributed by atoms with E-state index in [2.05, 4.69) is 44.0 Å². The van der Waals surface area contributed by atoms with Crippen molar-refractivity contribution in [1.29, 1.82) is 0 Å². The Morgan fingerprint density at radius 3 is 2.59 bits per heavy atom. The molecule has 8 heteroatoms. The van der Waals surface area contributed by atoms with Crippen molar-refractivity contribution in [3.8, 4) is 5.75 Å². The molecule has 3 aliphatic rings. The van der Waals surface area contributed by atoms with Crippen LogP contribution in [0.5, 0.6) is 5.75 Å². The normalized spacial score (nSPS) is 19.0. The minimum atomic E-state index is -0.696. The molecule has 1 fully saturated rings. The third-order valence-corrected chi connectivity index (χ3v) is 6.22. The summed E-state index contributed by atoms with van der Waals surface area (Å²) in [5.74, 6) is 0.302. The topological polar surface area (TPSA) is 34.2 Å². The van der Waals surface area contributed by atoms with Crippen molar-refractivity contribution in [1.82, 2.24) is 9.80 Å². The maximum absolute atomic E-state index is 13.8. The van der Waals surface area contributed by atoms with Gasteiger partial charge >= 0.3 is 0 Å². The van der Waals surface area contributed by atoms with Gasteiger partial charge in [0.25, 0.3) is 0 Å². The molecule has 1 aliphatic carbocycles. The van der Waals surface area contributed by atoms with Gasteiger partial charge in [-0.3, -0.25) is 4.90 Å². The molecule has 0 unspecified atom stereocenters.